The van der Waals surface area contributed by atoms with E-state index in [1.807, 2.05) is 0 Å². The summed E-state index contributed by atoms with van der Waals surface area (Å²) < 4.78 is 0. The summed E-state index contributed by atoms with van der Waals surface area (Å²) in [5.41, 5.74) is 0.312. The van der Waals surface area contributed by atoms with E-state index < -0.39 is 0 Å². The Labute approximate surface area is 127 Å². The average Bonchev–Trinajstić information content (AvgIpc) is 2.36. The van der Waals surface area contributed by atoms with Crippen molar-refractivity contribution >= 4 is 0 Å². The summed E-state index contributed by atoms with van der Waals surface area (Å²) in [5, 5.41) is 12.9. The molecule has 0 aliphatic carbocycles. The van der Waals surface area contributed by atoms with Crippen molar-refractivity contribution in [3.05, 3.63) is 0 Å². The molecule has 0 aromatic heterocycles. The number of nitrogens with one attached hydrogen (secondary N) is 1. The normalized spacial score (nSPS) is 15.0. The van der Waals surface area contributed by atoms with Crippen molar-refractivity contribution in [1.29, 1.82) is 0 Å². The third kappa shape index (κ3) is 9.73. The van der Waals surface area contributed by atoms with Gasteiger partial charge in [0.15, 0.2) is 0 Å². The Bertz CT molecular complexity index is 221. The zero-order valence-electron chi connectivity index (χ0n) is 14.5. The lowest BCUT2D eigenvalue weighted by atomic mass is 9.84. The summed E-state index contributed by atoms with van der Waals surface area (Å²) in [4.78, 5) is 2.44. The second-order valence-electron chi connectivity index (χ2n) is 6.94. The van der Waals surface area contributed by atoms with Gasteiger partial charge in [-0.15, -0.1) is 0 Å². The molecule has 20 heavy (non-hydrogen) atoms. The summed E-state index contributed by atoms with van der Waals surface area (Å²) in [6, 6.07) is 0. The minimum atomic E-state index is 0.269. The van der Waals surface area contributed by atoms with Crippen LogP contribution < -0.4 is 5.32 Å². The minimum absolute atomic E-state index is 0.269. The first-order chi connectivity index (χ1) is 9.47. The number of nitrogens with zero attached hydrogens (tertiary/aromatic N) is 1. The lowest BCUT2D eigenvalue weighted by Crippen LogP contribution is -2.44. The van der Waals surface area contributed by atoms with Gasteiger partial charge >= 0.3 is 0 Å². The largest absolute Gasteiger partial charge is 0.395 e. The average molecular weight is 287 g/mol. The molecule has 0 radical (unpaired) electrons. The van der Waals surface area contributed by atoms with Gasteiger partial charge in [-0.05, 0) is 37.3 Å². The van der Waals surface area contributed by atoms with Gasteiger partial charge in [0.25, 0.3) is 0 Å². The highest BCUT2D eigenvalue weighted by Crippen LogP contribution is 2.24. The van der Waals surface area contributed by atoms with Crippen LogP contribution in [0.25, 0.3) is 0 Å². The lowest BCUT2D eigenvalue weighted by molar-refractivity contribution is 0.123. The summed E-state index contributed by atoms with van der Waals surface area (Å²) >= 11 is 0. The molecule has 0 saturated carbocycles. The van der Waals surface area contributed by atoms with Gasteiger partial charge in [-0.3, -0.25) is 0 Å². The Kier molecular flexibility index (Phi) is 11.5. The SMILES string of the molecule is CCCCN(CCO)CC(C)(CCC)CNCC(C)C. The summed E-state index contributed by atoms with van der Waals surface area (Å²) in [6.45, 7) is 16.8. The van der Waals surface area contributed by atoms with E-state index in [0.717, 1.165) is 32.7 Å². The summed E-state index contributed by atoms with van der Waals surface area (Å²) in [5.74, 6) is 0.703. The molecule has 0 rings (SSSR count). The maximum Gasteiger partial charge on any atom is 0.0558 e. The Morgan fingerprint density at radius 1 is 1.15 bits per heavy atom. The van der Waals surface area contributed by atoms with Gasteiger partial charge < -0.3 is 15.3 Å². The van der Waals surface area contributed by atoms with Crippen LogP contribution in [-0.4, -0.2) is 49.3 Å². The van der Waals surface area contributed by atoms with Crippen molar-refractivity contribution < 1.29 is 5.11 Å². The number of aliphatic hydroxyl groups excluding tert-OH is 1. The molecule has 0 spiro atoms. The second kappa shape index (κ2) is 11.5. The van der Waals surface area contributed by atoms with Crippen LogP contribution in [0.1, 0.15) is 60.3 Å². The molecule has 3 nitrogen and oxygen atoms in total. The van der Waals surface area contributed by atoms with E-state index in [1.165, 1.54) is 25.7 Å². The quantitative estimate of drug-likeness (QED) is 0.546. The molecular formula is C17H38N2O. The summed E-state index contributed by atoms with van der Waals surface area (Å²) in [7, 11) is 0. The molecule has 3 heteroatoms. The highest BCUT2D eigenvalue weighted by Gasteiger charge is 2.25. The monoisotopic (exact) mass is 286 g/mol. The number of aliphatic hydroxyl groups is 1. The molecule has 1 unspecified atom stereocenters. The molecule has 0 aliphatic rings. The van der Waals surface area contributed by atoms with Crippen LogP contribution in [0, 0.1) is 11.3 Å². The molecular weight excluding hydrogens is 248 g/mol. The van der Waals surface area contributed by atoms with Crippen molar-refractivity contribution in [2.45, 2.75) is 60.3 Å². The number of unbranched alkanes of at least 4 members (excludes halogenated alkanes) is 1. The molecule has 0 amide bonds. The Hall–Kier alpha value is -0.120. The minimum Gasteiger partial charge on any atom is -0.395 e. The maximum absolute atomic E-state index is 9.25. The van der Waals surface area contributed by atoms with E-state index >= 15 is 0 Å². The van der Waals surface area contributed by atoms with Gasteiger partial charge in [0.05, 0.1) is 6.61 Å². The fourth-order valence-electron chi connectivity index (χ4n) is 2.82. The van der Waals surface area contributed by atoms with Crippen molar-refractivity contribution in [2.75, 3.05) is 39.3 Å². The second-order valence-corrected chi connectivity index (χ2v) is 6.94. The predicted octanol–water partition coefficient (Wildman–Crippen LogP) is 3.13. The third-order valence-electron chi connectivity index (χ3n) is 3.81. The zero-order chi connectivity index (χ0) is 15.4. The first kappa shape index (κ1) is 19.9. The predicted molar refractivity (Wildman–Crippen MR) is 89.2 cm³/mol. The molecule has 0 saturated heterocycles. The van der Waals surface area contributed by atoms with E-state index in [2.05, 4.69) is 44.8 Å². The number of rotatable bonds is 13. The molecule has 1 atom stereocenters. The molecule has 0 aromatic carbocycles. The number of hydrogen-bond acceptors (Lipinski definition) is 3. The first-order valence-corrected chi connectivity index (χ1v) is 8.51. The van der Waals surface area contributed by atoms with Crippen molar-refractivity contribution in [2.24, 2.45) is 11.3 Å². The van der Waals surface area contributed by atoms with Crippen LogP contribution in [0.2, 0.25) is 0 Å². The Morgan fingerprint density at radius 2 is 1.85 bits per heavy atom. The van der Waals surface area contributed by atoms with Crippen LogP contribution >= 0.6 is 0 Å². The number of hydrogen-bond donors (Lipinski definition) is 2. The molecule has 0 fully saturated rings. The van der Waals surface area contributed by atoms with Gasteiger partial charge in [-0.25, -0.2) is 0 Å². The zero-order valence-corrected chi connectivity index (χ0v) is 14.5. The van der Waals surface area contributed by atoms with Gasteiger partial charge in [-0.1, -0.05) is 47.5 Å². The maximum atomic E-state index is 9.25. The highest BCUT2D eigenvalue weighted by atomic mass is 16.3. The van der Waals surface area contributed by atoms with Crippen LogP contribution in [0.3, 0.4) is 0 Å². The molecule has 0 aromatic rings. The Morgan fingerprint density at radius 3 is 2.35 bits per heavy atom. The van der Waals surface area contributed by atoms with E-state index in [4.69, 9.17) is 0 Å². The molecule has 2 N–H and O–H groups in total. The molecule has 122 valence electrons. The fourth-order valence-corrected chi connectivity index (χ4v) is 2.82. The van der Waals surface area contributed by atoms with Gasteiger partial charge in [0.2, 0.25) is 0 Å². The molecule has 0 bridgehead atoms. The van der Waals surface area contributed by atoms with Crippen molar-refractivity contribution in [1.82, 2.24) is 10.2 Å². The van der Waals surface area contributed by atoms with Gasteiger partial charge in [0, 0.05) is 19.6 Å². The van der Waals surface area contributed by atoms with Crippen molar-refractivity contribution in [3.8, 4) is 0 Å². The van der Waals surface area contributed by atoms with Gasteiger partial charge in [-0.2, -0.15) is 0 Å². The first-order valence-electron chi connectivity index (χ1n) is 8.51. The summed E-state index contributed by atoms with van der Waals surface area (Å²) in [6.07, 6.45) is 4.91. The van der Waals surface area contributed by atoms with E-state index in [0.29, 0.717) is 11.3 Å². The fraction of sp³-hybridized carbons (Fsp3) is 1.00. The van der Waals surface area contributed by atoms with Crippen LogP contribution in [-0.2, 0) is 0 Å². The van der Waals surface area contributed by atoms with Gasteiger partial charge in [0.1, 0.15) is 0 Å². The molecule has 0 heterocycles. The van der Waals surface area contributed by atoms with Crippen LogP contribution in [0.5, 0.6) is 0 Å². The third-order valence-corrected chi connectivity index (χ3v) is 3.81. The van der Waals surface area contributed by atoms with Crippen LogP contribution in [0.4, 0.5) is 0 Å². The lowest BCUT2D eigenvalue weighted by Gasteiger charge is -2.36. The highest BCUT2D eigenvalue weighted by molar-refractivity contribution is 4.81. The van der Waals surface area contributed by atoms with Crippen LogP contribution in [0.15, 0.2) is 0 Å². The van der Waals surface area contributed by atoms with E-state index in [9.17, 15) is 5.11 Å². The topological polar surface area (TPSA) is 35.5 Å². The van der Waals surface area contributed by atoms with Crippen molar-refractivity contribution in [3.63, 3.8) is 0 Å². The Balaban J connectivity index is 4.42. The van der Waals surface area contributed by atoms with E-state index in [1.54, 1.807) is 0 Å². The molecule has 0 aliphatic heterocycles. The smallest absolute Gasteiger partial charge is 0.0558 e. The van der Waals surface area contributed by atoms with E-state index in [-0.39, 0.29) is 6.61 Å². The standard InChI is InChI=1S/C17H38N2O/c1-6-8-10-19(11-12-20)15-17(5,9-7-2)14-18-13-16(3)4/h16,18,20H,6-15H2,1-5H3.